The number of sulfonamides is 1. The predicted molar refractivity (Wildman–Crippen MR) is 176 cm³/mol. The number of nitrogens with zero attached hydrogens (tertiary/aromatic N) is 1. The number of carbonyl (C=O) groups excluding carboxylic acids is 1. The van der Waals surface area contributed by atoms with Crippen molar-refractivity contribution >= 4 is 43.9 Å². The molecule has 9 nitrogen and oxygen atoms in total. The van der Waals surface area contributed by atoms with E-state index >= 15 is 0 Å². The third-order valence-corrected chi connectivity index (χ3v) is 11.3. The second kappa shape index (κ2) is 13.6. The van der Waals surface area contributed by atoms with Crippen molar-refractivity contribution in [3.05, 3.63) is 102 Å². The summed E-state index contributed by atoms with van der Waals surface area (Å²) in [6.07, 6.45) is 2.71. The number of benzene rings is 4. The summed E-state index contributed by atoms with van der Waals surface area (Å²) in [5.74, 6) is 0.304. The van der Waals surface area contributed by atoms with Gasteiger partial charge in [-0.2, -0.15) is 0 Å². The highest BCUT2D eigenvalue weighted by atomic mass is 32.3. The van der Waals surface area contributed by atoms with Crippen LogP contribution in [0.2, 0.25) is 0 Å². The van der Waals surface area contributed by atoms with Gasteiger partial charge in [-0.3, -0.25) is 4.79 Å². The molecule has 0 saturated heterocycles. The fourth-order valence-corrected chi connectivity index (χ4v) is 8.65. The lowest BCUT2D eigenvalue weighted by molar-refractivity contribution is 0.0932. The van der Waals surface area contributed by atoms with E-state index in [1.165, 1.54) is 6.07 Å². The number of para-hydroxylation sites is 1. The van der Waals surface area contributed by atoms with E-state index in [0.29, 0.717) is 48.9 Å². The molecule has 5 rings (SSSR count). The van der Waals surface area contributed by atoms with Gasteiger partial charge in [-0.05, 0) is 59.6 Å². The molecule has 0 spiro atoms. The molecule has 0 aromatic heterocycles. The lowest BCUT2D eigenvalue weighted by Gasteiger charge is -2.40. The Hall–Kier alpha value is -3.61. The van der Waals surface area contributed by atoms with Gasteiger partial charge in [-0.15, -0.1) is 4.72 Å². The van der Waals surface area contributed by atoms with Gasteiger partial charge < -0.3 is 19.5 Å². The van der Waals surface area contributed by atoms with Crippen LogP contribution in [0.15, 0.2) is 95.9 Å². The van der Waals surface area contributed by atoms with Crippen molar-refractivity contribution in [1.82, 2.24) is 14.2 Å². The standard InChI is InChI=1S/C33H38N4O5S2/c1-37(2)29-16-9-15-27-26(29)14-10-18-31(27)44(40,41)36-43(39)35-25-19-21-33(22-20-25,24-11-5-4-6-12-24)23-34-32(38)28-13-7-8-17-30(28)42-3/h4-18,25,35-36H,19-23H2,1-3H3,(H,34,38)/t25-,33-,43?. The summed E-state index contributed by atoms with van der Waals surface area (Å²) in [6.45, 7) is 0.423. The van der Waals surface area contributed by atoms with Crippen LogP contribution in [-0.2, 0) is 27.0 Å². The number of carbonyl (C=O) groups is 1. The molecule has 1 unspecified atom stereocenters. The summed E-state index contributed by atoms with van der Waals surface area (Å²) in [7, 11) is 1.26. The molecule has 0 radical (unpaired) electrons. The number of rotatable bonds is 11. The van der Waals surface area contributed by atoms with Gasteiger partial charge in [-0.25, -0.2) is 8.42 Å². The Kier molecular flexibility index (Phi) is 9.81. The minimum atomic E-state index is -4.08. The Bertz CT molecular complexity index is 1710. The highest BCUT2D eigenvalue weighted by molar-refractivity contribution is 8.04. The second-order valence-corrected chi connectivity index (χ2v) is 14.2. The van der Waals surface area contributed by atoms with E-state index in [4.69, 9.17) is 4.74 Å². The molecule has 232 valence electrons. The molecule has 3 N–H and O–H groups in total. The Labute approximate surface area is 262 Å². The number of methoxy groups -OCH3 is 1. The van der Waals surface area contributed by atoms with Crippen molar-refractivity contribution in [1.29, 1.82) is 0 Å². The highest BCUT2D eigenvalue weighted by Gasteiger charge is 2.39. The zero-order valence-electron chi connectivity index (χ0n) is 25.1. The molecule has 0 bridgehead atoms. The minimum absolute atomic E-state index is 0.0753. The van der Waals surface area contributed by atoms with Gasteiger partial charge in [-0.1, -0.05) is 66.7 Å². The maximum absolute atomic E-state index is 13.4. The molecule has 1 fully saturated rings. The van der Waals surface area contributed by atoms with Gasteiger partial charge in [0, 0.05) is 42.5 Å². The normalized spacial score (nSPS) is 19.3. The molecule has 0 heterocycles. The Morgan fingerprint density at radius 2 is 1.59 bits per heavy atom. The summed E-state index contributed by atoms with van der Waals surface area (Å²) in [5.41, 5.74) is 2.15. The molecular weight excluding hydrogens is 597 g/mol. The fourth-order valence-electron chi connectivity index (χ4n) is 6.03. The van der Waals surface area contributed by atoms with E-state index in [0.717, 1.165) is 16.6 Å². The van der Waals surface area contributed by atoms with E-state index < -0.39 is 21.6 Å². The number of anilines is 1. The zero-order chi connectivity index (χ0) is 31.3. The Morgan fingerprint density at radius 1 is 0.932 bits per heavy atom. The van der Waals surface area contributed by atoms with Crippen LogP contribution in [0.5, 0.6) is 5.75 Å². The van der Waals surface area contributed by atoms with E-state index in [1.807, 2.05) is 61.5 Å². The van der Waals surface area contributed by atoms with Crippen LogP contribution in [-0.4, -0.2) is 52.7 Å². The van der Waals surface area contributed by atoms with Crippen molar-refractivity contribution in [2.75, 3.05) is 32.6 Å². The van der Waals surface area contributed by atoms with E-state index in [1.54, 1.807) is 37.4 Å². The summed E-state index contributed by atoms with van der Waals surface area (Å²) in [6, 6.07) is 27.6. The molecule has 4 aromatic rings. The lowest BCUT2D eigenvalue weighted by Crippen LogP contribution is -2.50. The number of fused-ring (bicyclic) bond motifs is 1. The lowest BCUT2D eigenvalue weighted by atomic mass is 9.68. The van der Waals surface area contributed by atoms with Gasteiger partial charge >= 0.3 is 0 Å². The summed E-state index contributed by atoms with van der Waals surface area (Å²) >= 11 is -2.04. The molecule has 1 amide bonds. The van der Waals surface area contributed by atoms with Crippen molar-refractivity contribution in [3.8, 4) is 5.75 Å². The fraction of sp³-hybridized carbons (Fsp3) is 0.303. The largest absolute Gasteiger partial charge is 0.578 e. The van der Waals surface area contributed by atoms with Crippen LogP contribution >= 0.6 is 0 Å². The molecule has 44 heavy (non-hydrogen) atoms. The second-order valence-electron chi connectivity index (χ2n) is 11.3. The van der Waals surface area contributed by atoms with E-state index in [9.17, 15) is 17.8 Å². The number of amides is 1. The van der Waals surface area contributed by atoms with Crippen LogP contribution < -0.4 is 23.8 Å². The van der Waals surface area contributed by atoms with Gasteiger partial charge in [0.15, 0.2) is 11.5 Å². The Morgan fingerprint density at radius 3 is 2.30 bits per heavy atom. The molecule has 0 aliphatic heterocycles. The van der Waals surface area contributed by atoms with Gasteiger partial charge in [0.25, 0.3) is 15.9 Å². The summed E-state index contributed by atoms with van der Waals surface area (Å²) in [5, 5.41) is 4.47. The van der Waals surface area contributed by atoms with Crippen molar-refractivity contribution in [3.63, 3.8) is 0 Å². The molecule has 4 aromatic carbocycles. The number of ether oxygens (including phenoxy) is 1. The number of hydrogen-bond donors (Lipinski definition) is 3. The highest BCUT2D eigenvalue weighted by Crippen LogP contribution is 2.39. The SMILES string of the molecule is COc1ccccc1C(=O)NC[C@]1(c2ccccc2)CC[C@H](N[S+]([O-])NS(=O)(=O)c2cccc3c(N(C)C)cccc23)CC1. The van der Waals surface area contributed by atoms with Crippen LogP contribution in [0.3, 0.4) is 0 Å². The molecule has 1 saturated carbocycles. The molecule has 1 atom stereocenters. The summed E-state index contributed by atoms with van der Waals surface area (Å²) < 4.78 is 50.5. The van der Waals surface area contributed by atoms with Crippen LogP contribution in [0, 0.1) is 0 Å². The van der Waals surface area contributed by atoms with Crippen molar-refractivity contribution in [2.45, 2.75) is 42.0 Å². The van der Waals surface area contributed by atoms with Crippen molar-refractivity contribution in [2.24, 2.45) is 0 Å². The summed E-state index contributed by atoms with van der Waals surface area (Å²) in [4.78, 5) is 15.1. The molecule has 11 heteroatoms. The first kappa shape index (κ1) is 31.8. The van der Waals surface area contributed by atoms with E-state index in [2.05, 4.69) is 26.3 Å². The van der Waals surface area contributed by atoms with Crippen molar-refractivity contribution < 1.29 is 22.5 Å². The third-order valence-electron chi connectivity index (χ3n) is 8.36. The average Bonchev–Trinajstić information content (AvgIpc) is 3.03. The first-order chi connectivity index (χ1) is 21.1. The Balaban J connectivity index is 1.26. The van der Waals surface area contributed by atoms with Crippen LogP contribution in [0.1, 0.15) is 41.6 Å². The van der Waals surface area contributed by atoms with Gasteiger partial charge in [0.2, 0.25) is 0 Å². The van der Waals surface area contributed by atoms with E-state index in [-0.39, 0.29) is 22.3 Å². The smallest absolute Gasteiger partial charge is 0.281 e. The van der Waals surface area contributed by atoms with Crippen LogP contribution in [0.4, 0.5) is 5.69 Å². The molecular formula is C33H38N4O5S2. The first-order valence-corrected chi connectivity index (χ1v) is 17.1. The monoisotopic (exact) mass is 634 g/mol. The molecule has 1 aliphatic carbocycles. The van der Waals surface area contributed by atoms with Gasteiger partial charge in [0.05, 0.1) is 23.6 Å². The maximum atomic E-state index is 13.4. The molecule has 1 aliphatic rings. The minimum Gasteiger partial charge on any atom is -0.578 e. The number of hydrogen-bond acceptors (Lipinski definition) is 7. The number of nitrogens with one attached hydrogen (secondary N) is 3. The quantitative estimate of drug-likeness (QED) is 0.205. The maximum Gasteiger partial charge on any atom is 0.281 e. The first-order valence-electron chi connectivity index (χ1n) is 14.5. The topological polar surface area (TPSA) is 123 Å². The average molecular weight is 635 g/mol. The third kappa shape index (κ3) is 6.87. The predicted octanol–water partition coefficient (Wildman–Crippen LogP) is 4.67. The van der Waals surface area contributed by atoms with Crippen LogP contribution in [0.25, 0.3) is 10.8 Å². The van der Waals surface area contributed by atoms with Gasteiger partial charge in [0.1, 0.15) is 5.75 Å². The zero-order valence-corrected chi connectivity index (χ0v) is 26.7.